The van der Waals surface area contributed by atoms with Gasteiger partial charge in [0, 0.05) is 5.69 Å². The van der Waals surface area contributed by atoms with Crippen LogP contribution in [-0.2, 0) is 14.4 Å². The summed E-state index contributed by atoms with van der Waals surface area (Å²) in [5.41, 5.74) is 0.708. The van der Waals surface area contributed by atoms with Crippen molar-refractivity contribution in [3.05, 3.63) is 24.3 Å². The minimum Gasteiger partial charge on any atom is -0.497 e. The molecule has 2 rings (SSSR count). The summed E-state index contributed by atoms with van der Waals surface area (Å²) >= 11 is 0. The van der Waals surface area contributed by atoms with Crippen molar-refractivity contribution in [2.45, 2.75) is 13.0 Å². The van der Waals surface area contributed by atoms with Crippen molar-refractivity contribution in [2.24, 2.45) is 0 Å². The molecule has 0 aromatic heterocycles. The van der Waals surface area contributed by atoms with Gasteiger partial charge in [-0.2, -0.15) is 0 Å². The predicted octanol–water partition coefficient (Wildman–Crippen LogP) is 0.343. The lowest BCUT2D eigenvalue weighted by Crippen LogP contribution is -2.60. The Morgan fingerprint density at radius 3 is 2.48 bits per heavy atom. The van der Waals surface area contributed by atoms with E-state index in [1.165, 1.54) is 0 Å². The molecular formula is C14H16N2O5. The summed E-state index contributed by atoms with van der Waals surface area (Å²) in [6.45, 7) is 1.01. The van der Waals surface area contributed by atoms with E-state index in [4.69, 9.17) is 9.84 Å². The van der Waals surface area contributed by atoms with Crippen molar-refractivity contribution in [3.8, 4) is 5.75 Å². The smallest absolute Gasteiger partial charge is 0.323 e. The van der Waals surface area contributed by atoms with E-state index in [1.807, 2.05) is 0 Å². The Labute approximate surface area is 121 Å². The van der Waals surface area contributed by atoms with Crippen LogP contribution in [0.15, 0.2) is 24.3 Å². The van der Waals surface area contributed by atoms with Gasteiger partial charge in [-0.05, 0) is 31.2 Å². The molecule has 0 bridgehead atoms. The topological polar surface area (TPSA) is 87.2 Å². The standard InChI is InChI=1S/C14H16N2O5/c1-9-14(20)16(8-13(18)19)12(17)7-15(9)10-3-5-11(21-2)6-4-10/h3-6,9H,7-8H2,1-2H3,(H,18,19). The van der Waals surface area contributed by atoms with Crippen LogP contribution in [0.1, 0.15) is 6.92 Å². The summed E-state index contributed by atoms with van der Waals surface area (Å²) < 4.78 is 5.06. The maximum atomic E-state index is 12.2. The normalized spacial score (nSPS) is 18.9. The van der Waals surface area contributed by atoms with Crippen LogP contribution in [0.2, 0.25) is 0 Å². The van der Waals surface area contributed by atoms with E-state index in [-0.39, 0.29) is 6.54 Å². The van der Waals surface area contributed by atoms with E-state index >= 15 is 0 Å². The van der Waals surface area contributed by atoms with Gasteiger partial charge >= 0.3 is 5.97 Å². The molecule has 112 valence electrons. The number of carboxylic acid groups (broad SMARTS) is 1. The van der Waals surface area contributed by atoms with Crippen molar-refractivity contribution in [1.82, 2.24) is 4.90 Å². The van der Waals surface area contributed by atoms with Crippen LogP contribution in [0.4, 0.5) is 5.69 Å². The largest absolute Gasteiger partial charge is 0.497 e. The van der Waals surface area contributed by atoms with Crippen LogP contribution in [0.5, 0.6) is 5.75 Å². The Morgan fingerprint density at radius 2 is 1.95 bits per heavy atom. The number of rotatable bonds is 4. The Balaban J connectivity index is 2.21. The van der Waals surface area contributed by atoms with Crippen molar-refractivity contribution in [1.29, 1.82) is 0 Å². The average Bonchev–Trinajstić information content (AvgIpc) is 2.47. The van der Waals surface area contributed by atoms with Gasteiger partial charge in [0.2, 0.25) is 5.91 Å². The summed E-state index contributed by atoms with van der Waals surface area (Å²) in [6.07, 6.45) is 0. The molecule has 2 amide bonds. The number of ether oxygens (including phenoxy) is 1. The Bertz CT molecular complexity index is 569. The second kappa shape index (κ2) is 5.82. The molecule has 0 spiro atoms. The zero-order chi connectivity index (χ0) is 15.6. The van der Waals surface area contributed by atoms with Crippen molar-refractivity contribution < 1.29 is 24.2 Å². The number of carbonyl (C=O) groups is 3. The highest BCUT2D eigenvalue weighted by Gasteiger charge is 2.38. The first-order chi connectivity index (χ1) is 9.93. The number of benzene rings is 1. The summed E-state index contributed by atoms with van der Waals surface area (Å²) in [6, 6.07) is 6.38. The number of hydrogen-bond acceptors (Lipinski definition) is 5. The third kappa shape index (κ3) is 2.96. The number of aliphatic carboxylic acids is 1. The SMILES string of the molecule is COc1ccc(N2CC(=O)N(CC(=O)O)C(=O)C2C)cc1. The van der Waals surface area contributed by atoms with Gasteiger partial charge in [-0.25, -0.2) is 0 Å². The Hall–Kier alpha value is -2.57. The minimum atomic E-state index is -1.21. The molecule has 1 heterocycles. The predicted molar refractivity (Wildman–Crippen MR) is 74.2 cm³/mol. The van der Waals surface area contributed by atoms with Crippen LogP contribution in [0.3, 0.4) is 0 Å². The molecule has 21 heavy (non-hydrogen) atoms. The molecule has 1 fully saturated rings. The molecule has 7 nitrogen and oxygen atoms in total. The van der Waals surface area contributed by atoms with E-state index in [1.54, 1.807) is 43.2 Å². The number of hydrogen-bond donors (Lipinski definition) is 1. The van der Waals surface area contributed by atoms with E-state index < -0.39 is 30.4 Å². The van der Waals surface area contributed by atoms with Crippen LogP contribution in [0, 0.1) is 0 Å². The van der Waals surface area contributed by atoms with Gasteiger partial charge in [0.25, 0.3) is 5.91 Å². The number of methoxy groups -OCH3 is 1. The molecule has 1 aromatic carbocycles. The van der Waals surface area contributed by atoms with Crippen molar-refractivity contribution in [3.63, 3.8) is 0 Å². The number of amides is 2. The fourth-order valence-corrected chi connectivity index (χ4v) is 2.24. The number of carbonyl (C=O) groups excluding carboxylic acids is 2. The van der Waals surface area contributed by atoms with E-state index in [2.05, 4.69) is 0 Å². The number of nitrogens with zero attached hydrogens (tertiary/aromatic N) is 2. The van der Waals surface area contributed by atoms with Gasteiger partial charge in [-0.1, -0.05) is 0 Å². The molecule has 1 saturated heterocycles. The zero-order valence-electron chi connectivity index (χ0n) is 11.8. The lowest BCUT2D eigenvalue weighted by Gasteiger charge is -2.38. The highest BCUT2D eigenvalue weighted by atomic mass is 16.5. The van der Waals surface area contributed by atoms with Gasteiger partial charge in [0.1, 0.15) is 18.3 Å². The summed E-state index contributed by atoms with van der Waals surface area (Å²) in [5.74, 6) is -1.56. The van der Waals surface area contributed by atoms with Gasteiger partial charge in [0.15, 0.2) is 0 Å². The van der Waals surface area contributed by atoms with Gasteiger partial charge in [0.05, 0.1) is 13.7 Å². The molecule has 0 aliphatic carbocycles. The lowest BCUT2D eigenvalue weighted by molar-refractivity contribution is -0.154. The second-order valence-electron chi connectivity index (χ2n) is 4.71. The highest BCUT2D eigenvalue weighted by molar-refractivity contribution is 6.06. The molecule has 0 saturated carbocycles. The molecule has 1 unspecified atom stereocenters. The Kier molecular flexibility index (Phi) is 4.11. The molecule has 1 aliphatic heterocycles. The maximum absolute atomic E-state index is 12.2. The van der Waals surface area contributed by atoms with Crippen LogP contribution in [-0.4, -0.2) is 54.0 Å². The number of anilines is 1. The Morgan fingerprint density at radius 1 is 1.33 bits per heavy atom. The molecule has 7 heteroatoms. The average molecular weight is 292 g/mol. The molecule has 1 aromatic rings. The summed E-state index contributed by atoms with van der Waals surface area (Å²) in [5, 5.41) is 8.75. The molecule has 1 atom stereocenters. The quantitative estimate of drug-likeness (QED) is 0.805. The zero-order valence-corrected chi connectivity index (χ0v) is 11.8. The van der Waals surface area contributed by atoms with Crippen LogP contribution >= 0.6 is 0 Å². The molecule has 0 radical (unpaired) electrons. The molecular weight excluding hydrogens is 276 g/mol. The fourth-order valence-electron chi connectivity index (χ4n) is 2.24. The second-order valence-corrected chi connectivity index (χ2v) is 4.71. The third-order valence-corrected chi connectivity index (χ3v) is 3.40. The van der Waals surface area contributed by atoms with E-state index in [0.29, 0.717) is 11.4 Å². The van der Waals surface area contributed by atoms with Crippen LogP contribution < -0.4 is 9.64 Å². The first kappa shape index (κ1) is 14.8. The number of carboxylic acids is 1. The number of imide groups is 1. The fraction of sp³-hybridized carbons (Fsp3) is 0.357. The maximum Gasteiger partial charge on any atom is 0.323 e. The van der Waals surface area contributed by atoms with E-state index in [9.17, 15) is 14.4 Å². The van der Waals surface area contributed by atoms with Crippen molar-refractivity contribution in [2.75, 3.05) is 25.1 Å². The number of piperazine rings is 1. The molecule has 1 aliphatic rings. The van der Waals surface area contributed by atoms with Crippen molar-refractivity contribution >= 4 is 23.5 Å². The lowest BCUT2D eigenvalue weighted by atomic mass is 10.1. The minimum absolute atomic E-state index is 0.0352. The molecule has 1 N–H and O–H groups in total. The van der Waals surface area contributed by atoms with E-state index in [0.717, 1.165) is 4.90 Å². The monoisotopic (exact) mass is 292 g/mol. The first-order valence-electron chi connectivity index (χ1n) is 6.40. The van der Waals surface area contributed by atoms with Gasteiger partial charge < -0.3 is 14.7 Å². The first-order valence-corrected chi connectivity index (χ1v) is 6.40. The third-order valence-electron chi connectivity index (χ3n) is 3.40. The van der Waals surface area contributed by atoms with Crippen LogP contribution in [0.25, 0.3) is 0 Å². The summed E-state index contributed by atoms with van der Waals surface area (Å²) in [7, 11) is 1.55. The van der Waals surface area contributed by atoms with Gasteiger partial charge in [-0.15, -0.1) is 0 Å². The highest BCUT2D eigenvalue weighted by Crippen LogP contribution is 2.24. The van der Waals surface area contributed by atoms with Gasteiger partial charge in [-0.3, -0.25) is 19.3 Å². The summed E-state index contributed by atoms with van der Waals surface area (Å²) in [4.78, 5) is 37.3.